The van der Waals surface area contributed by atoms with Crippen LogP contribution in [0.15, 0.2) is 0 Å². The van der Waals surface area contributed by atoms with Crippen LogP contribution in [0.1, 0.15) is 136 Å². The molecular formula is C26H53NO3. The number of unbranched alkanes of at least 4 members (excludes halogenated alkanes) is 13. The third kappa shape index (κ3) is 22.1. The van der Waals surface area contributed by atoms with Crippen LogP contribution < -0.4 is 5.32 Å². The fraction of sp³-hybridized carbons (Fsp3) is 0.962. The maximum absolute atomic E-state index is 12.3. The molecule has 0 radical (unpaired) electrons. The van der Waals surface area contributed by atoms with Gasteiger partial charge >= 0.3 is 5.97 Å². The van der Waals surface area contributed by atoms with E-state index in [1.54, 1.807) is 0 Å². The van der Waals surface area contributed by atoms with Crippen molar-refractivity contribution in [1.29, 1.82) is 0 Å². The molecule has 0 aromatic rings. The Labute approximate surface area is 187 Å². The molecule has 0 aliphatic heterocycles. The number of aliphatic hydroxyl groups is 1. The van der Waals surface area contributed by atoms with E-state index < -0.39 is 0 Å². The summed E-state index contributed by atoms with van der Waals surface area (Å²) in [5.74, 6) is 0.0177. The van der Waals surface area contributed by atoms with Gasteiger partial charge in [0.05, 0.1) is 6.61 Å². The predicted molar refractivity (Wildman–Crippen MR) is 129 cm³/mol. The molecule has 4 nitrogen and oxygen atoms in total. The second-order valence-corrected chi connectivity index (χ2v) is 8.86. The van der Waals surface area contributed by atoms with Gasteiger partial charge in [0.25, 0.3) is 0 Å². The van der Waals surface area contributed by atoms with Gasteiger partial charge in [0, 0.05) is 13.0 Å². The SMILES string of the molecule is CCCCCCCCC(CCCCCCC)OC(=O)CCCCCCCNCCO. The van der Waals surface area contributed by atoms with Gasteiger partial charge < -0.3 is 15.2 Å². The zero-order chi connectivity index (χ0) is 22.1. The van der Waals surface area contributed by atoms with E-state index in [0.717, 1.165) is 38.6 Å². The fourth-order valence-electron chi connectivity index (χ4n) is 3.89. The number of carbonyl (C=O) groups is 1. The van der Waals surface area contributed by atoms with Crippen LogP contribution in [0.4, 0.5) is 0 Å². The highest BCUT2D eigenvalue weighted by Crippen LogP contribution is 2.18. The first-order chi connectivity index (χ1) is 14.7. The Morgan fingerprint density at radius 2 is 1.20 bits per heavy atom. The van der Waals surface area contributed by atoms with Crippen molar-refractivity contribution in [2.75, 3.05) is 19.7 Å². The molecule has 1 unspecified atom stereocenters. The zero-order valence-corrected chi connectivity index (χ0v) is 20.4. The molecule has 0 saturated carbocycles. The Morgan fingerprint density at radius 1 is 0.700 bits per heavy atom. The minimum atomic E-state index is 0.0177. The lowest BCUT2D eigenvalue weighted by atomic mass is 10.0. The largest absolute Gasteiger partial charge is 0.462 e. The van der Waals surface area contributed by atoms with Gasteiger partial charge in [-0.3, -0.25) is 4.79 Å². The average molecular weight is 428 g/mol. The third-order valence-electron chi connectivity index (χ3n) is 5.83. The standard InChI is InChI=1S/C26H53NO3/c1-3-5-7-9-12-16-20-25(19-15-11-8-6-4-2)30-26(29)21-17-13-10-14-18-22-27-23-24-28/h25,27-28H,3-24H2,1-2H3. The molecule has 0 aromatic carbocycles. The quantitative estimate of drug-likeness (QED) is 0.129. The summed E-state index contributed by atoms with van der Waals surface area (Å²) < 4.78 is 5.88. The van der Waals surface area contributed by atoms with Crippen LogP contribution in [0.25, 0.3) is 0 Å². The first-order valence-corrected chi connectivity index (χ1v) is 13.3. The Kier molecular flexibility index (Phi) is 24.2. The van der Waals surface area contributed by atoms with E-state index in [4.69, 9.17) is 9.84 Å². The summed E-state index contributed by atoms with van der Waals surface area (Å²) in [6.07, 6.45) is 22.5. The molecule has 0 spiro atoms. The number of esters is 1. The van der Waals surface area contributed by atoms with Crippen LogP contribution in [0.3, 0.4) is 0 Å². The van der Waals surface area contributed by atoms with Crippen LogP contribution in [0.5, 0.6) is 0 Å². The van der Waals surface area contributed by atoms with Crippen molar-refractivity contribution in [3.63, 3.8) is 0 Å². The lowest BCUT2D eigenvalue weighted by Crippen LogP contribution is -2.19. The molecule has 0 aliphatic rings. The third-order valence-corrected chi connectivity index (χ3v) is 5.83. The molecule has 1 atom stereocenters. The minimum Gasteiger partial charge on any atom is -0.462 e. The summed E-state index contributed by atoms with van der Waals surface area (Å²) >= 11 is 0. The maximum Gasteiger partial charge on any atom is 0.306 e. The number of carbonyl (C=O) groups excluding carboxylic acids is 1. The van der Waals surface area contributed by atoms with Crippen LogP contribution in [-0.2, 0) is 9.53 Å². The summed E-state index contributed by atoms with van der Waals surface area (Å²) in [6, 6.07) is 0. The van der Waals surface area contributed by atoms with Crippen LogP contribution >= 0.6 is 0 Å². The summed E-state index contributed by atoms with van der Waals surface area (Å²) in [5, 5.41) is 11.9. The van der Waals surface area contributed by atoms with E-state index >= 15 is 0 Å². The highest BCUT2D eigenvalue weighted by atomic mass is 16.5. The Balaban J connectivity index is 3.91. The highest BCUT2D eigenvalue weighted by molar-refractivity contribution is 5.69. The molecule has 2 N–H and O–H groups in total. The van der Waals surface area contributed by atoms with Gasteiger partial charge in [-0.25, -0.2) is 0 Å². The Morgan fingerprint density at radius 3 is 1.77 bits per heavy atom. The van der Waals surface area contributed by atoms with E-state index in [2.05, 4.69) is 19.2 Å². The number of ether oxygens (including phenoxy) is 1. The van der Waals surface area contributed by atoms with E-state index in [-0.39, 0.29) is 18.7 Å². The maximum atomic E-state index is 12.3. The van der Waals surface area contributed by atoms with Crippen LogP contribution in [-0.4, -0.2) is 36.9 Å². The second-order valence-electron chi connectivity index (χ2n) is 8.86. The van der Waals surface area contributed by atoms with Crippen molar-refractivity contribution < 1.29 is 14.6 Å². The number of hydrogen-bond donors (Lipinski definition) is 2. The van der Waals surface area contributed by atoms with Crippen molar-refractivity contribution in [2.45, 2.75) is 142 Å². The fourth-order valence-corrected chi connectivity index (χ4v) is 3.89. The first-order valence-electron chi connectivity index (χ1n) is 13.3. The number of hydrogen-bond acceptors (Lipinski definition) is 4. The van der Waals surface area contributed by atoms with Gasteiger partial charge in [0.1, 0.15) is 6.10 Å². The monoisotopic (exact) mass is 427 g/mol. The molecule has 0 aliphatic carbocycles. The topological polar surface area (TPSA) is 58.6 Å². The molecule has 0 rings (SSSR count). The minimum absolute atomic E-state index is 0.0177. The van der Waals surface area contributed by atoms with E-state index in [9.17, 15) is 4.79 Å². The van der Waals surface area contributed by atoms with E-state index in [0.29, 0.717) is 13.0 Å². The molecule has 180 valence electrons. The average Bonchev–Trinajstić information content (AvgIpc) is 2.74. The molecule has 0 bridgehead atoms. The number of rotatable bonds is 24. The lowest BCUT2D eigenvalue weighted by molar-refractivity contribution is -0.150. The summed E-state index contributed by atoms with van der Waals surface area (Å²) in [5.41, 5.74) is 0. The van der Waals surface area contributed by atoms with Gasteiger partial charge in [-0.1, -0.05) is 90.9 Å². The van der Waals surface area contributed by atoms with Gasteiger partial charge in [-0.15, -0.1) is 0 Å². The Bertz CT molecular complexity index is 349. The van der Waals surface area contributed by atoms with Gasteiger partial charge in [-0.2, -0.15) is 0 Å². The van der Waals surface area contributed by atoms with Crippen molar-refractivity contribution in [3.05, 3.63) is 0 Å². The summed E-state index contributed by atoms with van der Waals surface area (Å²) in [4.78, 5) is 12.3. The van der Waals surface area contributed by atoms with Crippen molar-refractivity contribution in [3.8, 4) is 0 Å². The van der Waals surface area contributed by atoms with Crippen LogP contribution in [0.2, 0.25) is 0 Å². The summed E-state index contributed by atoms with van der Waals surface area (Å²) in [7, 11) is 0. The van der Waals surface area contributed by atoms with Crippen molar-refractivity contribution in [2.24, 2.45) is 0 Å². The number of nitrogens with one attached hydrogen (secondary N) is 1. The smallest absolute Gasteiger partial charge is 0.306 e. The second kappa shape index (κ2) is 24.7. The van der Waals surface area contributed by atoms with E-state index in [1.807, 2.05) is 0 Å². The summed E-state index contributed by atoms with van der Waals surface area (Å²) in [6.45, 7) is 6.37. The van der Waals surface area contributed by atoms with Crippen molar-refractivity contribution >= 4 is 5.97 Å². The molecule has 0 aromatic heterocycles. The lowest BCUT2D eigenvalue weighted by Gasteiger charge is -2.18. The molecule has 30 heavy (non-hydrogen) atoms. The van der Waals surface area contributed by atoms with Gasteiger partial charge in [-0.05, 0) is 45.1 Å². The normalized spacial score (nSPS) is 12.2. The predicted octanol–water partition coefficient (Wildman–Crippen LogP) is 6.93. The molecule has 0 amide bonds. The highest BCUT2D eigenvalue weighted by Gasteiger charge is 2.14. The van der Waals surface area contributed by atoms with Crippen molar-refractivity contribution in [1.82, 2.24) is 5.32 Å². The molecule has 4 heteroatoms. The Hall–Kier alpha value is -0.610. The van der Waals surface area contributed by atoms with Gasteiger partial charge in [0.15, 0.2) is 0 Å². The zero-order valence-electron chi connectivity index (χ0n) is 20.4. The van der Waals surface area contributed by atoms with E-state index in [1.165, 1.54) is 83.5 Å². The molecular weight excluding hydrogens is 374 g/mol. The molecule has 0 saturated heterocycles. The first kappa shape index (κ1) is 29.4. The molecule has 0 heterocycles. The van der Waals surface area contributed by atoms with Crippen LogP contribution in [0, 0.1) is 0 Å². The van der Waals surface area contributed by atoms with Gasteiger partial charge in [0.2, 0.25) is 0 Å². The number of aliphatic hydroxyl groups excluding tert-OH is 1. The molecule has 0 fully saturated rings.